The third-order valence-electron chi connectivity index (χ3n) is 3.97. The van der Waals surface area contributed by atoms with Crippen molar-refractivity contribution in [3.63, 3.8) is 0 Å². The molecule has 0 aromatic carbocycles. The Morgan fingerprint density at radius 1 is 1.45 bits per heavy atom. The Hall–Kier alpha value is 0.557. The zero-order valence-electron chi connectivity index (χ0n) is 13.0. The molecule has 0 spiro atoms. The van der Waals surface area contributed by atoms with Gasteiger partial charge in [0, 0.05) is 0 Å². The van der Waals surface area contributed by atoms with Gasteiger partial charge in [-0.1, -0.05) is 20.8 Å². The molecule has 1 aromatic rings. The summed E-state index contributed by atoms with van der Waals surface area (Å²) >= 11 is 5.61. The first-order valence-electron chi connectivity index (χ1n) is 6.68. The monoisotopic (exact) mass is 474 g/mol. The van der Waals surface area contributed by atoms with E-state index < -0.39 is 8.32 Å². The van der Waals surface area contributed by atoms with Gasteiger partial charge in [0.1, 0.15) is 4.60 Å². The van der Waals surface area contributed by atoms with Gasteiger partial charge < -0.3 is 9.53 Å². The van der Waals surface area contributed by atoms with E-state index >= 15 is 0 Å². The number of halogens is 2. The Kier molecular flexibility index (Phi) is 6.29. The molecule has 0 aliphatic carbocycles. The lowest BCUT2D eigenvalue weighted by atomic mass is 10.2. The smallest absolute Gasteiger partial charge is 0.192 e. The second-order valence-electron chi connectivity index (χ2n) is 6.57. The predicted molar refractivity (Wildman–Crippen MR) is 96.4 cm³/mol. The largest absolute Gasteiger partial charge is 0.415 e. The highest BCUT2D eigenvalue weighted by atomic mass is 127. The zero-order chi connectivity index (χ0) is 15.7. The number of aliphatic hydroxyl groups excluding tert-OH is 1. The van der Waals surface area contributed by atoms with Gasteiger partial charge in [-0.2, -0.15) is 5.10 Å². The Morgan fingerprint density at radius 2 is 2.00 bits per heavy atom. The first-order valence-corrected chi connectivity index (χ1v) is 11.5. The molecule has 0 bridgehead atoms. The van der Waals surface area contributed by atoms with Gasteiger partial charge in [-0.3, -0.25) is 4.68 Å². The number of hydrogen-bond donors (Lipinski definition) is 1. The molecule has 0 saturated heterocycles. The van der Waals surface area contributed by atoms with Gasteiger partial charge in [-0.15, -0.1) is 0 Å². The highest BCUT2D eigenvalue weighted by Gasteiger charge is 2.37. The molecular weight excluding hydrogens is 451 g/mol. The van der Waals surface area contributed by atoms with Crippen molar-refractivity contribution in [3.8, 4) is 0 Å². The summed E-state index contributed by atoms with van der Waals surface area (Å²) in [7, 11) is -1.75. The van der Waals surface area contributed by atoms with Crippen LogP contribution in [0.2, 0.25) is 18.1 Å². The van der Waals surface area contributed by atoms with Crippen LogP contribution in [0.4, 0.5) is 0 Å². The molecule has 4 nitrogen and oxygen atoms in total. The summed E-state index contributed by atoms with van der Waals surface area (Å²) in [4.78, 5) is 0. The van der Waals surface area contributed by atoms with Crippen LogP contribution in [0.3, 0.4) is 0 Å². The molecule has 0 fully saturated rings. The van der Waals surface area contributed by atoms with Crippen molar-refractivity contribution in [1.82, 2.24) is 9.78 Å². The molecule has 1 aromatic heterocycles. The van der Waals surface area contributed by atoms with Crippen LogP contribution in [0.25, 0.3) is 0 Å². The van der Waals surface area contributed by atoms with Crippen molar-refractivity contribution in [2.75, 3.05) is 6.61 Å². The maximum Gasteiger partial charge on any atom is 0.192 e. The van der Waals surface area contributed by atoms with Crippen molar-refractivity contribution in [3.05, 3.63) is 13.9 Å². The van der Waals surface area contributed by atoms with Crippen molar-refractivity contribution >= 4 is 46.8 Å². The van der Waals surface area contributed by atoms with E-state index in [9.17, 15) is 5.11 Å². The highest BCUT2D eigenvalue weighted by Crippen LogP contribution is 2.37. The van der Waals surface area contributed by atoms with Crippen LogP contribution in [0.15, 0.2) is 4.60 Å². The van der Waals surface area contributed by atoms with Crippen LogP contribution in [0.5, 0.6) is 0 Å². The van der Waals surface area contributed by atoms with Crippen molar-refractivity contribution in [2.45, 2.75) is 58.5 Å². The van der Waals surface area contributed by atoms with Gasteiger partial charge >= 0.3 is 0 Å². The standard InChI is InChI=1S/C13H24BrIN2O2Si/c1-9(8-19-20(5,6)13(2,3)4)17-10(7-18)11(15)12(14)16-17/h9,18H,7-8H2,1-6H3/t9-/m0/s1. The molecule has 1 atom stereocenters. The number of aliphatic hydroxyl groups is 1. The Balaban J connectivity index is 2.83. The number of aromatic nitrogens is 2. The molecular formula is C13H24BrIN2O2Si. The molecule has 0 aliphatic rings. The van der Waals surface area contributed by atoms with Crippen molar-refractivity contribution in [2.24, 2.45) is 0 Å². The second kappa shape index (κ2) is 6.76. The molecule has 0 aliphatic heterocycles. The summed E-state index contributed by atoms with van der Waals surface area (Å²) in [6.07, 6.45) is 0. The first kappa shape index (κ1) is 18.6. The maximum absolute atomic E-state index is 9.50. The van der Waals surface area contributed by atoms with Crippen LogP contribution >= 0.6 is 38.5 Å². The normalized spacial score (nSPS) is 14.7. The fourth-order valence-electron chi connectivity index (χ4n) is 1.54. The average molecular weight is 475 g/mol. The lowest BCUT2D eigenvalue weighted by Crippen LogP contribution is -2.42. The molecule has 0 radical (unpaired) electrons. The number of hydrogen-bond acceptors (Lipinski definition) is 3. The van der Waals surface area contributed by atoms with E-state index in [1.54, 1.807) is 0 Å². The number of rotatable bonds is 5. The SMILES string of the molecule is C[C@@H](CO[Si](C)(C)C(C)(C)C)n1nc(Br)c(I)c1CO. The molecule has 116 valence electrons. The first-order chi connectivity index (χ1) is 9.01. The van der Waals surface area contributed by atoms with Crippen molar-refractivity contribution < 1.29 is 9.53 Å². The second-order valence-corrected chi connectivity index (χ2v) is 13.2. The Labute approximate surface area is 144 Å². The third kappa shape index (κ3) is 4.06. The van der Waals surface area contributed by atoms with E-state index in [1.165, 1.54) is 0 Å². The lowest BCUT2D eigenvalue weighted by molar-refractivity contribution is 0.213. The molecule has 1 N–H and O–H groups in total. The summed E-state index contributed by atoms with van der Waals surface area (Å²) in [6.45, 7) is 13.9. The fraction of sp³-hybridized carbons (Fsp3) is 0.769. The van der Waals surface area contributed by atoms with Gasteiger partial charge in [0.2, 0.25) is 0 Å². The van der Waals surface area contributed by atoms with Crippen LogP contribution in [0, 0.1) is 3.57 Å². The molecule has 0 unspecified atom stereocenters. The Morgan fingerprint density at radius 3 is 2.45 bits per heavy atom. The van der Waals surface area contributed by atoms with Gasteiger partial charge in [0.05, 0.1) is 28.5 Å². The summed E-state index contributed by atoms with van der Waals surface area (Å²) in [5.41, 5.74) is 0.837. The van der Waals surface area contributed by atoms with Crippen LogP contribution in [0.1, 0.15) is 39.4 Å². The third-order valence-corrected chi connectivity index (χ3v) is 10.9. The minimum atomic E-state index is -1.75. The van der Waals surface area contributed by atoms with Crippen molar-refractivity contribution in [1.29, 1.82) is 0 Å². The van der Waals surface area contributed by atoms with Gasteiger partial charge in [-0.25, -0.2) is 0 Å². The quantitative estimate of drug-likeness (QED) is 0.510. The summed E-state index contributed by atoms with van der Waals surface area (Å²) < 4.78 is 9.84. The molecule has 1 heterocycles. The van der Waals surface area contributed by atoms with Crippen LogP contribution in [-0.2, 0) is 11.0 Å². The Bertz CT molecular complexity index is 472. The molecule has 0 amide bonds. The summed E-state index contributed by atoms with van der Waals surface area (Å²) in [5.74, 6) is 0. The van der Waals surface area contributed by atoms with E-state index in [0.717, 1.165) is 13.9 Å². The lowest BCUT2D eigenvalue weighted by Gasteiger charge is -2.37. The predicted octanol–water partition coefficient (Wildman–Crippen LogP) is 4.33. The minimum absolute atomic E-state index is 0.0126. The highest BCUT2D eigenvalue weighted by molar-refractivity contribution is 14.1. The van der Waals surface area contributed by atoms with E-state index in [2.05, 4.69) is 84.4 Å². The van der Waals surface area contributed by atoms with Gasteiger partial charge in [0.15, 0.2) is 8.32 Å². The fourth-order valence-corrected chi connectivity index (χ4v) is 3.56. The molecule has 20 heavy (non-hydrogen) atoms. The molecule has 1 rings (SSSR count). The number of nitrogens with zero attached hydrogens (tertiary/aromatic N) is 2. The maximum atomic E-state index is 9.50. The minimum Gasteiger partial charge on any atom is -0.415 e. The van der Waals surface area contributed by atoms with Gasteiger partial charge in [0.25, 0.3) is 0 Å². The topological polar surface area (TPSA) is 47.3 Å². The van der Waals surface area contributed by atoms with Gasteiger partial charge in [-0.05, 0) is 63.6 Å². The summed E-state index contributed by atoms with van der Waals surface area (Å²) in [6, 6.07) is 0.103. The molecule has 7 heteroatoms. The van der Waals surface area contributed by atoms with Crippen LogP contribution < -0.4 is 0 Å². The average Bonchev–Trinajstić information content (AvgIpc) is 2.61. The van der Waals surface area contributed by atoms with E-state index in [-0.39, 0.29) is 17.7 Å². The van der Waals surface area contributed by atoms with E-state index in [0.29, 0.717) is 6.61 Å². The zero-order valence-corrected chi connectivity index (χ0v) is 17.7. The van der Waals surface area contributed by atoms with Crippen LogP contribution in [-0.4, -0.2) is 29.8 Å². The van der Waals surface area contributed by atoms with E-state index in [1.807, 2.05) is 4.68 Å². The van der Waals surface area contributed by atoms with E-state index in [4.69, 9.17) is 4.43 Å². The summed E-state index contributed by atoms with van der Waals surface area (Å²) in [5, 5.41) is 14.1. The molecule has 0 saturated carbocycles.